The van der Waals surface area contributed by atoms with Crippen LogP contribution in [0, 0.1) is 11.8 Å². The van der Waals surface area contributed by atoms with Gasteiger partial charge in [-0.15, -0.1) is 0 Å². The third-order valence-corrected chi connectivity index (χ3v) is 5.08. The molecule has 2 amide bonds. The molecule has 2 aromatic carbocycles. The fraction of sp³-hybridized carbons (Fsp3) is 0.364. The predicted molar refractivity (Wildman–Crippen MR) is 105 cm³/mol. The van der Waals surface area contributed by atoms with Gasteiger partial charge in [0.2, 0.25) is 5.91 Å². The van der Waals surface area contributed by atoms with Gasteiger partial charge in [-0.2, -0.15) is 0 Å². The Labute approximate surface area is 159 Å². The van der Waals surface area contributed by atoms with Gasteiger partial charge in [0.25, 0.3) is 5.91 Å². The molecule has 3 N–H and O–H groups in total. The number of nitrogens with one attached hydrogen (secondary N) is 2. The Morgan fingerprint density at radius 2 is 1.74 bits per heavy atom. The molecule has 1 fully saturated rings. The van der Waals surface area contributed by atoms with Crippen molar-refractivity contribution >= 4 is 17.5 Å². The largest absolute Gasteiger partial charge is 0.391 e. The van der Waals surface area contributed by atoms with Crippen molar-refractivity contribution < 1.29 is 14.7 Å². The summed E-state index contributed by atoms with van der Waals surface area (Å²) in [5.74, 6) is 0.361. The summed E-state index contributed by atoms with van der Waals surface area (Å²) in [4.78, 5) is 24.4. The summed E-state index contributed by atoms with van der Waals surface area (Å²) in [6, 6.07) is 16.1. The standard InChI is InChI=1S/C22H26N2O3/c1-14-12-19(14)22(27)24-18-10-8-17(9-11-18)21(26)23-15(2)20(25)13-16-6-4-3-5-7-16/h3-11,14-15,19-20,25H,12-13H2,1-2H3,(H,23,26)(H,24,27)/t14-,15+,19+,20+/m1/s1. The quantitative estimate of drug-likeness (QED) is 0.705. The average Bonchev–Trinajstić information content (AvgIpc) is 3.40. The molecule has 1 aliphatic rings. The van der Waals surface area contributed by atoms with Crippen LogP contribution in [0.25, 0.3) is 0 Å². The molecule has 1 aliphatic carbocycles. The van der Waals surface area contributed by atoms with Gasteiger partial charge >= 0.3 is 0 Å². The Kier molecular flexibility index (Phi) is 5.91. The topological polar surface area (TPSA) is 78.4 Å². The van der Waals surface area contributed by atoms with Crippen molar-refractivity contribution in [2.24, 2.45) is 11.8 Å². The van der Waals surface area contributed by atoms with Crippen molar-refractivity contribution in [2.75, 3.05) is 5.32 Å². The number of carbonyl (C=O) groups is 2. The first-order chi connectivity index (χ1) is 12.9. The minimum absolute atomic E-state index is 0.0392. The molecule has 1 saturated carbocycles. The van der Waals surface area contributed by atoms with Gasteiger partial charge in [0, 0.05) is 23.6 Å². The number of benzene rings is 2. The normalized spacial score (nSPS) is 20.4. The van der Waals surface area contributed by atoms with Crippen LogP contribution in [0.3, 0.4) is 0 Å². The Bertz CT molecular complexity index is 789. The van der Waals surface area contributed by atoms with Crippen LogP contribution in [-0.2, 0) is 11.2 Å². The first-order valence-corrected chi connectivity index (χ1v) is 9.38. The fourth-order valence-corrected chi connectivity index (χ4v) is 3.05. The predicted octanol–water partition coefficient (Wildman–Crippen LogP) is 3.00. The Morgan fingerprint density at radius 3 is 2.33 bits per heavy atom. The van der Waals surface area contributed by atoms with E-state index in [1.165, 1.54) is 0 Å². The van der Waals surface area contributed by atoms with Gasteiger partial charge in [-0.25, -0.2) is 0 Å². The third-order valence-electron chi connectivity index (χ3n) is 5.08. The minimum Gasteiger partial charge on any atom is -0.391 e. The molecule has 0 aliphatic heterocycles. The molecule has 0 radical (unpaired) electrons. The van der Waals surface area contributed by atoms with E-state index in [-0.39, 0.29) is 23.8 Å². The Morgan fingerprint density at radius 1 is 1.11 bits per heavy atom. The van der Waals surface area contributed by atoms with E-state index in [0.29, 0.717) is 23.6 Å². The molecule has 5 heteroatoms. The van der Waals surface area contributed by atoms with Crippen LogP contribution in [0.15, 0.2) is 54.6 Å². The van der Waals surface area contributed by atoms with Gasteiger partial charge in [0.15, 0.2) is 0 Å². The van der Waals surface area contributed by atoms with Crippen molar-refractivity contribution in [2.45, 2.75) is 38.8 Å². The highest BCUT2D eigenvalue weighted by Gasteiger charge is 2.39. The molecule has 0 aromatic heterocycles. The lowest BCUT2D eigenvalue weighted by Crippen LogP contribution is -2.42. The molecule has 2 aromatic rings. The highest BCUT2D eigenvalue weighted by Crippen LogP contribution is 2.38. The van der Waals surface area contributed by atoms with Crippen LogP contribution >= 0.6 is 0 Å². The number of aliphatic hydroxyl groups excluding tert-OH is 1. The summed E-state index contributed by atoms with van der Waals surface area (Å²) in [5.41, 5.74) is 2.20. The van der Waals surface area contributed by atoms with Crippen molar-refractivity contribution in [1.82, 2.24) is 5.32 Å². The zero-order valence-electron chi connectivity index (χ0n) is 15.7. The smallest absolute Gasteiger partial charge is 0.251 e. The SMILES string of the molecule is C[C@@H]1C[C@@H]1C(=O)Nc1ccc(C(=O)N[C@@H](C)[C@@H](O)Cc2ccccc2)cc1. The van der Waals surface area contributed by atoms with Gasteiger partial charge < -0.3 is 15.7 Å². The molecular formula is C22H26N2O3. The maximum atomic E-state index is 12.4. The number of rotatable bonds is 7. The number of anilines is 1. The van der Waals surface area contributed by atoms with E-state index in [4.69, 9.17) is 0 Å². The zero-order valence-corrected chi connectivity index (χ0v) is 15.7. The second-order valence-corrected chi connectivity index (χ2v) is 7.41. The average molecular weight is 366 g/mol. The molecule has 0 saturated heterocycles. The van der Waals surface area contributed by atoms with E-state index >= 15 is 0 Å². The molecule has 0 unspecified atom stereocenters. The fourth-order valence-electron chi connectivity index (χ4n) is 3.05. The summed E-state index contributed by atoms with van der Waals surface area (Å²) < 4.78 is 0. The van der Waals surface area contributed by atoms with Gasteiger partial charge in [-0.05, 0) is 49.1 Å². The molecule has 4 atom stereocenters. The lowest BCUT2D eigenvalue weighted by molar-refractivity contribution is -0.117. The summed E-state index contributed by atoms with van der Waals surface area (Å²) >= 11 is 0. The van der Waals surface area contributed by atoms with E-state index in [9.17, 15) is 14.7 Å². The lowest BCUT2D eigenvalue weighted by Gasteiger charge is -2.20. The highest BCUT2D eigenvalue weighted by molar-refractivity contribution is 5.97. The summed E-state index contributed by atoms with van der Waals surface area (Å²) in [6.07, 6.45) is 0.748. The van der Waals surface area contributed by atoms with E-state index < -0.39 is 6.10 Å². The third kappa shape index (κ3) is 5.17. The molecule has 27 heavy (non-hydrogen) atoms. The van der Waals surface area contributed by atoms with Crippen LogP contribution in [0.5, 0.6) is 0 Å². The Balaban J connectivity index is 1.51. The van der Waals surface area contributed by atoms with E-state index in [1.54, 1.807) is 31.2 Å². The van der Waals surface area contributed by atoms with Crippen LogP contribution in [0.2, 0.25) is 0 Å². The molecule has 0 bridgehead atoms. The second kappa shape index (κ2) is 8.35. The van der Waals surface area contributed by atoms with Crippen molar-refractivity contribution in [3.8, 4) is 0 Å². The molecule has 3 rings (SSSR count). The number of amides is 2. The van der Waals surface area contributed by atoms with Crippen molar-refractivity contribution in [1.29, 1.82) is 0 Å². The monoisotopic (exact) mass is 366 g/mol. The number of hydrogen-bond donors (Lipinski definition) is 3. The Hall–Kier alpha value is -2.66. The van der Waals surface area contributed by atoms with Gasteiger partial charge in [0.1, 0.15) is 0 Å². The van der Waals surface area contributed by atoms with Crippen LogP contribution < -0.4 is 10.6 Å². The molecule has 0 heterocycles. The van der Waals surface area contributed by atoms with E-state index in [0.717, 1.165) is 12.0 Å². The number of carbonyl (C=O) groups excluding carboxylic acids is 2. The highest BCUT2D eigenvalue weighted by atomic mass is 16.3. The van der Waals surface area contributed by atoms with Gasteiger partial charge in [-0.1, -0.05) is 37.3 Å². The maximum Gasteiger partial charge on any atom is 0.251 e. The number of hydrogen-bond acceptors (Lipinski definition) is 3. The molecule has 5 nitrogen and oxygen atoms in total. The zero-order chi connectivity index (χ0) is 19.4. The summed E-state index contributed by atoms with van der Waals surface area (Å²) in [6.45, 7) is 3.85. The van der Waals surface area contributed by atoms with Crippen molar-refractivity contribution in [3.05, 3.63) is 65.7 Å². The first-order valence-electron chi connectivity index (χ1n) is 9.38. The summed E-state index contributed by atoms with van der Waals surface area (Å²) in [5, 5.41) is 16.0. The first kappa shape index (κ1) is 19.1. The summed E-state index contributed by atoms with van der Waals surface area (Å²) in [7, 11) is 0. The maximum absolute atomic E-state index is 12.4. The molecule has 142 valence electrons. The van der Waals surface area contributed by atoms with Crippen LogP contribution in [0.1, 0.15) is 36.2 Å². The lowest BCUT2D eigenvalue weighted by atomic mass is 10.0. The molecule has 0 spiro atoms. The van der Waals surface area contributed by atoms with Crippen LogP contribution in [0.4, 0.5) is 5.69 Å². The van der Waals surface area contributed by atoms with Crippen LogP contribution in [-0.4, -0.2) is 29.1 Å². The van der Waals surface area contributed by atoms with E-state index in [1.807, 2.05) is 30.3 Å². The van der Waals surface area contributed by atoms with Crippen molar-refractivity contribution in [3.63, 3.8) is 0 Å². The van der Waals surface area contributed by atoms with Gasteiger partial charge in [-0.3, -0.25) is 9.59 Å². The molecular weight excluding hydrogens is 340 g/mol. The second-order valence-electron chi connectivity index (χ2n) is 7.41. The minimum atomic E-state index is -0.671. The van der Waals surface area contributed by atoms with E-state index in [2.05, 4.69) is 17.6 Å². The van der Waals surface area contributed by atoms with Gasteiger partial charge in [0.05, 0.1) is 12.1 Å². The number of aliphatic hydroxyl groups is 1.